The molecule has 0 fully saturated rings. The Hall–Kier alpha value is 0.314. The predicted octanol–water partition coefficient (Wildman–Crippen LogP) is 0.592. The van der Waals surface area contributed by atoms with Gasteiger partial charge in [-0.25, -0.2) is 4.79 Å². The van der Waals surface area contributed by atoms with E-state index in [1.54, 1.807) is 0 Å². The molecule has 1 N–H and O–H groups in total. The summed E-state index contributed by atoms with van der Waals surface area (Å²) in [5, 5.41) is 6.14. The summed E-state index contributed by atoms with van der Waals surface area (Å²) >= 11 is 2.88. The van der Waals surface area contributed by atoms with Crippen LogP contribution in [0.25, 0.3) is 0 Å². The van der Waals surface area contributed by atoms with Gasteiger partial charge in [-0.05, 0) is 0 Å². The Morgan fingerprint density at radius 3 is 1.80 bits per heavy atom. The van der Waals surface area contributed by atoms with Crippen molar-refractivity contribution in [3.8, 4) is 0 Å². The topological polar surface area (TPSA) is 37.3 Å². The SMILES string of the molecule is O=C(O)S.[Ni]. The van der Waals surface area contributed by atoms with Gasteiger partial charge < -0.3 is 5.11 Å². The van der Waals surface area contributed by atoms with Crippen LogP contribution in [0, 0.1) is 0 Å². The van der Waals surface area contributed by atoms with Crippen LogP contribution in [0.2, 0.25) is 0 Å². The van der Waals surface area contributed by atoms with Gasteiger partial charge in [-0.1, -0.05) is 12.6 Å². The molecular formula is CH2NiO2S. The average Bonchev–Trinajstić information content (AvgIpc) is 0.811. The van der Waals surface area contributed by atoms with Gasteiger partial charge in [0.05, 0.1) is 0 Å². The van der Waals surface area contributed by atoms with Gasteiger partial charge in [0.1, 0.15) is 0 Å². The Morgan fingerprint density at radius 1 is 1.80 bits per heavy atom. The molecule has 0 amide bonds. The molecule has 0 aliphatic heterocycles. The van der Waals surface area contributed by atoms with Gasteiger partial charge in [0.25, 0.3) is 0 Å². The van der Waals surface area contributed by atoms with Crippen molar-refractivity contribution in [3.63, 3.8) is 0 Å². The van der Waals surface area contributed by atoms with Crippen molar-refractivity contribution in [3.05, 3.63) is 0 Å². The molecule has 0 saturated heterocycles. The monoisotopic (exact) mass is 136 g/mol. The summed E-state index contributed by atoms with van der Waals surface area (Å²) in [5.41, 5.74) is 0. The van der Waals surface area contributed by atoms with E-state index >= 15 is 0 Å². The maximum atomic E-state index is 8.86. The number of hydrogen-bond donors (Lipinski definition) is 2. The zero-order valence-electron chi connectivity index (χ0n) is 2.12. The molecule has 34 valence electrons. The molecule has 2 nitrogen and oxygen atoms in total. The molecule has 0 radical (unpaired) electrons. The number of thiol groups is 1. The van der Waals surface area contributed by atoms with Crippen LogP contribution in [0.5, 0.6) is 0 Å². The second-order valence-electron chi connectivity index (χ2n) is 0.283. The minimum atomic E-state index is -1.14. The number of carboxylic acid groups (broad SMARTS) is 1. The molecule has 4 heteroatoms. The third-order valence-electron chi connectivity index (χ3n) is 0. The van der Waals surface area contributed by atoms with Crippen molar-refractivity contribution in [2.45, 2.75) is 0 Å². The Morgan fingerprint density at radius 2 is 1.80 bits per heavy atom. The molecule has 0 spiro atoms. The van der Waals surface area contributed by atoms with Gasteiger partial charge in [-0.2, -0.15) is 0 Å². The van der Waals surface area contributed by atoms with Crippen LogP contribution in [-0.2, 0) is 16.5 Å². The van der Waals surface area contributed by atoms with Gasteiger partial charge in [0, 0.05) is 16.5 Å². The molecule has 0 aliphatic carbocycles. The summed E-state index contributed by atoms with van der Waals surface area (Å²) in [6.45, 7) is 0. The first-order valence-electron chi connectivity index (χ1n) is 0.651. The molecule has 0 unspecified atom stereocenters. The zero-order chi connectivity index (χ0) is 3.58. The van der Waals surface area contributed by atoms with Crippen LogP contribution in [0.4, 0.5) is 4.79 Å². The Balaban J connectivity index is 0. The van der Waals surface area contributed by atoms with E-state index in [2.05, 4.69) is 12.6 Å². The van der Waals surface area contributed by atoms with E-state index in [0.29, 0.717) is 0 Å². The minimum Gasteiger partial charge on any atom is -0.473 e. The van der Waals surface area contributed by atoms with Crippen LogP contribution in [0.3, 0.4) is 0 Å². The van der Waals surface area contributed by atoms with Gasteiger partial charge >= 0.3 is 5.30 Å². The predicted molar refractivity (Wildman–Crippen MR) is 17.0 cm³/mol. The van der Waals surface area contributed by atoms with Crippen molar-refractivity contribution in [2.75, 3.05) is 0 Å². The van der Waals surface area contributed by atoms with Crippen LogP contribution in [-0.4, -0.2) is 10.4 Å². The summed E-state index contributed by atoms with van der Waals surface area (Å²) in [4.78, 5) is 8.86. The first-order chi connectivity index (χ1) is 1.73. The molecule has 0 aromatic carbocycles. The third kappa shape index (κ3) is 235. The van der Waals surface area contributed by atoms with E-state index < -0.39 is 5.30 Å². The Kier molecular flexibility index (Phi) is 7.77. The van der Waals surface area contributed by atoms with E-state index in [1.807, 2.05) is 0 Å². The number of carbonyl (C=O) groups is 1. The van der Waals surface area contributed by atoms with E-state index in [0.717, 1.165) is 0 Å². The maximum absolute atomic E-state index is 8.86. The van der Waals surface area contributed by atoms with Crippen LogP contribution >= 0.6 is 12.6 Å². The Labute approximate surface area is 44.9 Å². The molecule has 0 atom stereocenters. The quantitative estimate of drug-likeness (QED) is 0.378. The van der Waals surface area contributed by atoms with E-state index in [-0.39, 0.29) is 16.5 Å². The molecule has 0 heterocycles. The molecule has 0 aliphatic rings. The molecule has 0 aromatic rings. The fourth-order valence-electron chi connectivity index (χ4n) is 0. The molecule has 5 heavy (non-hydrogen) atoms. The van der Waals surface area contributed by atoms with Crippen LogP contribution in [0.1, 0.15) is 0 Å². The van der Waals surface area contributed by atoms with Crippen molar-refractivity contribution in [1.82, 2.24) is 0 Å². The second-order valence-corrected chi connectivity index (χ2v) is 0.665. The minimum absolute atomic E-state index is 0. The summed E-state index contributed by atoms with van der Waals surface area (Å²) < 4.78 is 0. The fourth-order valence-corrected chi connectivity index (χ4v) is 0. The van der Waals surface area contributed by atoms with Crippen LogP contribution in [0.15, 0.2) is 0 Å². The van der Waals surface area contributed by atoms with Crippen molar-refractivity contribution in [2.24, 2.45) is 0 Å². The van der Waals surface area contributed by atoms with Gasteiger partial charge in [-0.3, -0.25) is 0 Å². The van der Waals surface area contributed by atoms with Gasteiger partial charge in [0.2, 0.25) is 0 Å². The summed E-state index contributed by atoms with van der Waals surface area (Å²) in [6.07, 6.45) is 0. The summed E-state index contributed by atoms with van der Waals surface area (Å²) in [5.74, 6) is 0. The molecular weight excluding hydrogens is 135 g/mol. The zero-order valence-corrected chi connectivity index (χ0v) is 4.00. The molecule has 0 bridgehead atoms. The van der Waals surface area contributed by atoms with E-state index in [9.17, 15) is 0 Å². The largest absolute Gasteiger partial charge is 0.473 e. The maximum Gasteiger partial charge on any atom is 0.361 e. The first kappa shape index (κ1) is 9.00. The van der Waals surface area contributed by atoms with E-state index in [1.165, 1.54) is 0 Å². The van der Waals surface area contributed by atoms with Crippen molar-refractivity contribution in [1.29, 1.82) is 0 Å². The standard InChI is InChI=1S/CH2O2S.Ni/c2-1(3)4;/h4H,(H,2,3);. The Bertz CT molecular complexity index is 32.6. The fraction of sp³-hybridized carbons (Fsp3) is 0. The molecule has 0 saturated carbocycles. The van der Waals surface area contributed by atoms with E-state index in [4.69, 9.17) is 9.90 Å². The van der Waals surface area contributed by atoms with Gasteiger partial charge in [-0.15, -0.1) is 0 Å². The second kappa shape index (κ2) is 4.31. The van der Waals surface area contributed by atoms with Crippen molar-refractivity contribution >= 4 is 17.9 Å². The molecule has 0 aromatic heterocycles. The third-order valence-corrected chi connectivity index (χ3v) is 0. The first-order valence-corrected chi connectivity index (χ1v) is 1.10. The normalized spacial score (nSPS) is 5.00. The molecule has 0 rings (SSSR count). The smallest absolute Gasteiger partial charge is 0.361 e. The van der Waals surface area contributed by atoms with Gasteiger partial charge in [0.15, 0.2) is 0 Å². The average molecular weight is 137 g/mol. The summed E-state index contributed by atoms with van der Waals surface area (Å²) in [6, 6.07) is 0. The van der Waals surface area contributed by atoms with Crippen molar-refractivity contribution < 1.29 is 26.4 Å². The summed E-state index contributed by atoms with van der Waals surface area (Å²) in [7, 11) is 0. The van der Waals surface area contributed by atoms with Crippen LogP contribution < -0.4 is 0 Å². The number of hydrogen-bond acceptors (Lipinski definition) is 1. The number of rotatable bonds is 0.